The third-order valence-corrected chi connectivity index (χ3v) is 5.28. The maximum absolute atomic E-state index is 12.9. The first kappa shape index (κ1) is 22.8. The molecule has 0 bridgehead atoms. The van der Waals surface area contributed by atoms with Crippen molar-refractivity contribution in [1.82, 2.24) is 20.9 Å². The Kier molecular flexibility index (Phi) is 6.77. The van der Waals surface area contributed by atoms with Gasteiger partial charge in [-0.25, -0.2) is 4.79 Å². The molecule has 9 heteroatoms. The lowest BCUT2D eigenvalue weighted by Gasteiger charge is -2.22. The summed E-state index contributed by atoms with van der Waals surface area (Å²) in [5, 5.41) is 17.4. The number of amides is 5. The molecule has 32 heavy (non-hydrogen) atoms. The van der Waals surface area contributed by atoms with Crippen LogP contribution in [-0.2, 0) is 15.1 Å². The number of carbonyl (C=O) groups is 4. The Bertz CT molecular complexity index is 1040. The summed E-state index contributed by atoms with van der Waals surface area (Å²) >= 11 is 0. The summed E-state index contributed by atoms with van der Waals surface area (Å²) in [6.45, 7) is 3.73. The number of benzene rings is 2. The van der Waals surface area contributed by atoms with Crippen LogP contribution in [0.1, 0.15) is 34.8 Å². The predicted octanol–water partition coefficient (Wildman–Crippen LogP) is 1.40. The molecular formula is C23H26N4O5. The molecule has 5 amide bonds. The minimum absolute atomic E-state index is 0.00360. The van der Waals surface area contributed by atoms with Gasteiger partial charge in [-0.3, -0.25) is 19.3 Å². The van der Waals surface area contributed by atoms with Gasteiger partial charge in [-0.15, -0.1) is 0 Å². The monoisotopic (exact) mass is 438 g/mol. The van der Waals surface area contributed by atoms with Crippen LogP contribution >= 0.6 is 0 Å². The van der Waals surface area contributed by atoms with Gasteiger partial charge < -0.3 is 21.1 Å². The van der Waals surface area contributed by atoms with E-state index in [1.807, 2.05) is 19.1 Å². The Morgan fingerprint density at radius 3 is 2.44 bits per heavy atom. The molecule has 1 fully saturated rings. The number of hydrogen-bond acceptors (Lipinski definition) is 5. The molecule has 3 rings (SSSR count). The fourth-order valence-electron chi connectivity index (χ4n) is 3.39. The van der Waals surface area contributed by atoms with Gasteiger partial charge in [0.05, 0.1) is 0 Å². The second kappa shape index (κ2) is 9.51. The van der Waals surface area contributed by atoms with E-state index in [1.54, 1.807) is 31.2 Å². The number of carbonyl (C=O) groups excluding carboxylic acids is 4. The molecule has 168 valence electrons. The van der Waals surface area contributed by atoms with Crippen LogP contribution in [0.2, 0.25) is 0 Å². The Hall–Kier alpha value is -3.88. The highest BCUT2D eigenvalue weighted by molar-refractivity contribution is 6.09. The minimum Gasteiger partial charge on any atom is -0.508 e. The number of imide groups is 1. The van der Waals surface area contributed by atoms with Crippen molar-refractivity contribution in [3.63, 3.8) is 0 Å². The predicted molar refractivity (Wildman–Crippen MR) is 117 cm³/mol. The van der Waals surface area contributed by atoms with Gasteiger partial charge in [0.25, 0.3) is 11.8 Å². The number of aryl methyl sites for hydroxylation is 1. The van der Waals surface area contributed by atoms with Gasteiger partial charge in [0, 0.05) is 18.7 Å². The summed E-state index contributed by atoms with van der Waals surface area (Å²) in [7, 11) is 0. The number of phenols is 1. The first-order valence-corrected chi connectivity index (χ1v) is 10.3. The average Bonchev–Trinajstić information content (AvgIpc) is 2.97. The van der Waals surface area contributed by atoms with Gasteiger partial charge in [0.1, 0.15) is 17.8 Å². The number of phenolic OH excluding ortho intramolecular Hbond substituents is 1. The van der Waals surface area contributed by atoms with Gasteiger partial charge in [-0.05, 0) is 44.0 Å². The molecule has 0 saturated carbocycles. The highest BCUT2D eigenvalue weighted by Gasteiger charge is 2.49. The zero-order valence-electron chi connectivity index (χ0n) is 18.0. The Labute approximate surface area is 185 Å². The van der Waals surface area contributed by atoms with Crippen LogP contribution in [0.4, 0.5) is 4.79 Å². The smallest absolute Gasteiger partial charge is 0.325 e. The van der Waals surface area contributed by atoms with Crippen molar-refractivity contribution in [3.8, 4) is 5.75 Å². The SMILES string of the molecule is Cc1ccc(C2(C)NC(=O)N(CC(=O)NCCCNC(=O)c3cccc(O)c3)C2=O)cc1. The summed E-state index contributed by atoms with van der Waals surface area (Å²) in [6.07, 6.45) is 0.456. The second-order valence-corrected chi connectivity index (χ2v) is 7.82. The Morgan fingerprint density at radius 2 is 1.75 bits per heavy atom. The van der Waals surface area contributed by atoms with Crippen molar-refractivity contribution in [2.24, 2.45) is 0 Å². The van der Waals surface area contributed by atoms with Gasteiger partial charge >= 0.3 is 6.03 Å². The quantitative estimate of drug-likeness (QED) is 0.366. The van der Waals surface area contributed by atoms with Crippen molar-refractivity contribution < 1.29 is 24.3 Å². The van der Waals surface area contributed by atoms with Gasteiger partial charge in [-0.1, -0.05) is 35.9 Å². The summed E-state index contributed by atoms with van der Waals surface area (Å²) in [5.41, 5.74) is 0.792. The van der Waals surface area contributed by atoms with E-state index < -0.39 is 23.4 Å². The molecule has 1 unspecified atom stereocenters. The van der Waals surface area contributed by atoms with Crippen molar-refractivity contribution >= 4 is 23.8 Å². The Morgan fingerprint density at radius 1 is 1.06 bits per heavy atom. The molecule has 1 heterocycles. The lowest BCUT2D eigenvalue weighted by molar-refractivity contribution is -0.134. The molecule has 0 spiro atoms. The molecule has 4 N–H and O–H groups in total. The highest BCUT2D eigenvalue weighted by atomic mass is 16.3. The number of aromatic hydroxyl groups is 1. The van der Waals surface area contributed by atoms with E-state index in [1.165, 1.54) is 12.1 Å². The summed E-state index contributed by atoms with van der Waals surface area (Å²) in [4.78, 5) is 50.3. The molecule has 9 nitrogen and oxygen atoms in total. The third kappa shape index (κ3) is 5.05. The minimum atomic E-state index is -1.22. The van der Waals surface area contributed by atoms with Crippen molar-refractivity contribution in [3.05, 3.63) is 65.2 Å². The van der Waals surface area contributed by atoms with E-state index in [2.05, 4.69) is 16.0 Å². The lowest BCUT2D eigenvalue weighted by Crippen LogP contribution is -2.43. The highest BCUT2D eigenvalue weighted by Crippen LogP contribution is 2.28. The zero-order chi connectivity index (χ0) is 23.3. The van der Waals surface area contributed by atoms with Crippen LogP contribution < -0.4 is 16.0 Å². The maximum Gasteiger partial charge on any atom is 0.325 e. The topological polar surface area (TPSA) is 128 Å². The van der Waals surface area contributed by atoms with E-state index in [9.17, 15) is 24.3 Å². The standard InChI is InChI=1S/C23H26N4O5/c1-15-7-9-17(10-8-15)23(2)21(31)27(22(32)26-23)14-19(29)24-11-4-12-25-20(30)16-5-3-6-18(28)13-16/h3,5-10,13,28H,4,11-12,14H2,1-2H3,(H,24,29)(H,25,30)(H,26,32). The largest absolute Gasteiger partial charge is 0.508 e. The van der Waals surface area contributed by atoms with Crippen molar-refractivity contribution in [2.75, 3.05) is 19.6 Å². The van der Waals surface area contributed by atoms with Crippen LogP contribution in [0.25, 0.3) is 0 Å². The Balaban J connectivity index is 1.44. The van der Waals surface area contributed by atoms with E-state index in [0.29, 0.717) is 24.1 Å². The molecule has 0 aromatic heterocycles. The van der Waals surface area contributed by atoms with Crippen LogP contribution in [0, 0.1) is 6.92 Å². The summed E-state index contributed by atoms with van der Waals surface area (Å²) in [6, 6.07) is 12.6. The molecule has 2 aromatic rings. The first-order chi connectivity index (χ1) is 15.2. The lowest BCUT2D eigenvalue weighted by atomic mass is 9.91. The normalized spacial score (nSPS) is 17.8. The van der Waals surface area contributed by atoms with E-state index in [0.717, 1.165) is 10.5 Å². The maximum atomic E-state index is 12.9. The number of nitrogens with one attached hydrogen (secondary N) is 3. The van der Waals surface area contributed by atoms with Crippen LogP contribution in [0.3, 0.4) is 0 Å². The molecule has 1 aliphatic heterocycles. The van der Waals surface area contributed by atoms with Crippen LogP contribution in [-0.4, -0.2) is 53.4 Å². The molecule has 1 aliphatic rings. The first-order valence-electron chi connectivity index (χ1n) is 10.3. The number of hydrogen-bond donors (Lipinski definition) is 4. The van der Waals surface area contributed by atoms with Gasteiger partial charge in [-0.2, -0.15) is 0 Å². The summed E-state index contributed by atoms with van der Waals surface area (Å²) in [5.74, 6) is -1.29. The van der Waals surface area contributed by atoms with E-state index in [4.69, 9.17) is 0 Å². The number of nitrogens with zero attached hydrogens (tertiary/aromatic N) is 1. The van der Waals surface area contributed by atoms with Gasteiger partial charge in [0.2, 0.25) is 5.91 Å². The van der Waals surface area contributed by atoms with Crippen LogP contribution in [0.5, 0.6) is 5.75 Å². The van der Waals surface area contributed by atoms with Crippen LogP contribution in [0.15, 0.2) is 48.5 Å². The number of urea groups is 1. The van der Waals surface area contributed by atoms with Crippen molar-refractivity contribution in [1.29, 1.82) is 0 Å². The fraction of sp³-hybridized carbons (Fsp3) is 0.304. The molecule has 0 radical (unpaired) electrons. The average molecular weight is 438 g/mol. The number of rotatable bonds is 8. The second-order valence-electron chi connectivity index (χ2n) is 7.82. The molecule has 1 saturated heterocycles. The van der Waals surface area contributed by atoms with E-state index >= 15 is 0 Å². The van der Waals surface area contributed by atoms with Crippen molar-refractivity contribution in [2.45, 2.75) is 25.8 Å². The molecule has 1 atom stereocenters. The third-order valence-electron chi connectivity index (χ3n) is 5.28. The fourth-order valence-corrected chi connectivity index (χ4v) is 3.39. The molecular weight excluding hydrogens is 412 g/mol. The summed E-state index contributed by atoms with van der Waals surface area (Å²) < 4.78 is 0. The van der Waals surface area contributed by atoms with E-state index in [-0.39, 0.29) is 24.7 Å². The molecule has 2 aromatic carbocycles. The molecule has 0 aliphatic carbocycles. The zero-order valence-corrected chi connectivity index (χ0v) is 18.0. The van der Waals surface area contributed by atoms with Gasteiger partial charge in [0.15, 0.2) is 0 Å².